The molecule has 5 nitrogen and oxygen atoms in total. The second kappa shape index (κ2) is 8.50. The first kappa shape index (κ1) is 21.9. The Kier molecular flexibility index (Phi) is 7.45. The zero-order valence-corrected chi connectivity index (χ0v) is 15.6. The molecule has 0 aliphatic rings. The van der Waals surface area contributed by atoms with E-state index in [1.54, 1.807) is 0 Å². The molecule has 0 bridgehead atoms. The molecule has 0 saturated heterocycles. The van der Waals surface area contributed by atoms with Crippen molar-refractivity contribution in [3.8, 4) is 0 Å². The molecule has 0 radical (unpaired) electrons. The molecular weight excluding hydrogens is 379 g/mol. The fourth-order valence-corrected chi connectivity index (χ4v) is 4.67. The first-order valence-corrected chi connectivity index (χ1v) is 10.8. The maximum absolute atomic E-state index is 12.3. The molecule has 0 aromatic heterocycles. The Balaban J connectivity index is 2.84. The highest BCUT2D eigenvalue weighted by molar-refractivity contribution is 8.05. The average Bonchev–Trinajstić information content (AvgIpc) is 2.49. The Labute approximate surface area is 146 Å². The summed E-state index contributed by atoms with van der Waals surface area (Å²) >= 11 is 0. The first-order valence-electron chi connectivity index (χ1n) is 7.85. The van der Waals surface area contributed by atoms with E-state index >= 15 is 0 Å². The van der Waals surface area contributed by atoms with Crippen LogP contribution in [0.25, 0.3) is 0 Å². The molecule has 0 aliphatic carbocycles. The molecule has 0 amide bonds. The van der Waals surface area contributed by atoms with Crippen LogP contribution in [0.3, 0.4) is 0 Å². The Morgan fingerprint density at radius 1 is 1.00 bits per heavy atom. The maximum Gasteiger partial charge on any atom is 0.512 e. The second-order valence-electron chi connectivity index (χ2n) is 5.86. The quantitative estimate of drug-likeness (QED) is 0.637. The minimum Gasteiger partial charge on any atom is -0.206 e. The van der Waals surface area contributed by atoms with Gasteiger partial charge in [-0.1, -0.05) is 55.8 Å². The van der Waals surface area contributed by atoms with Gasteiger partial charge in [0.1, 0.15) is 0 Å². The summed E-state index contributed by atoms with van der Waals surface area (Å²) in [4.78, 5) is -0.540. The molecule has 0 spiro atoms. The number of alkyl halides is 3. The van der Waals surface area contributed by atoms with Crippen molar-refractivity contribution >= 4 is 20.0 Å². The topological polar surface area (TPSA) is 80.3 Å². The van der Waals surface area contributed by atoms with E-state index in [4.69, 9.17) is 0 Å². The highest BCUT2D eigenvalue weighted by Gasteiger charge is 2.48. The fourth-order valence-electron chi connectivity index (χ4n) is 2.26. The molecule has 0 heterocycles. The van der Waals surface area contributed by atoms with E-state index in [0.29, 0.717) is 4.13 Å². The molecule has 0 fully saturated rings. The van der Waals surface area contributed by atoms with Crippen molar-refractivity contribution in [2.45, 2.75) is 62.3 Å². The van der Waals surface area contributed by atoms with Crippen LogP contribution in [0.1, 0.15) is 57.4 Å². The molecule has 25 heavy (non-hydrogen) atoms. The van der Waals surface area contributed by atoms with Gasteiger partial charge in [-0.25, -0.2) is 16.8 Å². The van der Waals surface area contributed by atoms with E-state index < -0.39 is 30.5 Å². The van der Waals surface area contributed by atoms with Crippen LogP contribution in [0, 0.1) is 0 Å². The van der Waals surface area contributed by atoms with Gasteiger partial charge in [0.05, 0.1) is 4.90 Å². The standard InChI is InChI=1S/C15H22F3NO4S2/c1-3-4-5-6-7-12(2)13-8-10-14(11-9-13)24(20,21)19-25(22,23)15(16,17)18/h8-12,19H,3-7H2,1-2H3. The number of unbranched alkanes of at least 4 members (excludes halogenated alkanes) is 3. The lowest BCUT2D eigenvalue weighted by Crippen LogP contribution is -2.40. The van der Waals surface area contributed by atoms with Gasteiger partial charge in [-0.15, -0.1) is 0 Å². The van der Waals surface area contributed by atoms with Crippen molar-refractivity contribution in [2.24, 2.45) is 0 Å². The highest BCUT2D eigenvalue weighted by atomic mass is 32.3. The summed E-state index contributed by atoms with van der Waals surface area (Å²) in [6, 6.07) is 5.18. The summed E-state index contributed by atoms with van der Waals surface area (Å²) in [6.07, 6.45) is 5.30. The van der Waals surface area contributed by atoms with Crippen LogP contribution >= 0.6 is 0 Å². The third kappa shape index (κ3) is 6.27. The smallest absolute Gasteiger partial charge is 0.206 e. The van der Waals surface area contributed by atoms with E-state index in [1.807, 2.05) is 6.92 Å². The van der Waals surface area contributed by atoms with Gasteiger partial charge >= 0.3 is 15.5 Å². The number of benzene rings is 1. The van der Waals surface area contributed by atoms with Crippen LogP contribution in [0.4, 0.5) is 13.2 Å². The maximum atomic E-state index is 12.3. The van der Waals surface area contributed by atoms with Gasteiger partial charge in [0, 0.05) is 0 Å². The largest absolute Gasteiger partial charge is 0.512 e. The molecule has 1 rings (SSSR count). The monoisotopic (exact) mass is 401 g/mol. The van der Waals surface area contributed by atoms with Gasteiger partial charge in [-0.05, 0) is 30.0 Å². The predicted molar refractivity (Wildman–Crippen MR) is 88.9 cm³/mol. The summed E-state index contributed by atoms with van der Waals surface area (Å²) in [5.41, 5.74) is -4.86. The summed E-state index contributed by atoms with van der Waals surface area (Å²) < 4.78 is 83.2. The van der Waals surface area contributed by atoms with Gasteiger partial charge in [-0.2, -0.15) is 13.2 Å². The molecule has 1 unspecified atom stereocenters. The van der Waals surface area contributed by atoms with Crippen molar-refractivity contribution in [3.63, 3.8) is 0 Å². The van der Waals surface area contributed by atoms with Crippen molar-refractivity contribution in [3.05, 3.63) is 29.8 Å². The summed E-state index contributed by atoms with van der Waals surface area (Å²) in [7, 11) is -10.8. The number of halogens is 3. The van der Waals surface area contributed by atoms with E-state index in [0.717, 1.165) is 49.8 Å². The minimum atomic E-state index is -5.99. The van der Waals surface area contributed by atoms with Gasteiger partial charge < -0.3 is 0 Å². The Morgan fingerprint density at radius 2 is 1.56 bits per heavy atom. The Hall–Kier alpha value is -1.13. The lowest BCUT2D eigenvalue weighted by atomic mass is 9.95. The van der Waals surface area contributed by atoms with Crippen LogP contribution in [-0.4, -0.2) is 22.3 Å². The third-order valence-corrected chi connectivity index (χ3v) is 7.03. The number of hydrogen-bond donors (Lipinski definition) is 1. The number of rotatable bonds is 9. The Morgan fingerprint density at radius 3 is 2.04 bits per heavy atom. The zero-order valence-electron chi connectivity index (χ0n) is 14.0. The molecule has 0 aliphatic heterocycles. The van der Waals surface area contributed by atoms with E-state index in [9.17, 15) is 30.0 Å². The predicted octanol–water partition coefficient (Wildman–Crippen LogP) is 3.89. The van der Waals surface area contributed by atoms with E-state index in [2.05, 4.69) is 6.92 Å². The van der Waals surface area contributed by atoms with Gasteiger partial charge in [-0.3, -0.25) is 0 Å². The molecule has 1 N–H and O–H groups in total. The molecule has 1 atom stereocenters. The van der Waals surface area contributed by atoms with E-state index in [-0.39, 0.29) is 5.92 Å². The first-order chi connectivity index (χ1) is 11.4. The summed E-state index contributed by atoms with van der Waals surface area (Å²) in [5, 5.41) is 0. The molecule has 10 heteroatoms. The fraction of sp³-hybridized carbons (Fsp3) is 0.600. The van der Waals surface area contributed by atoms with Crippen LogP contribution < -0.4 is 4.13 Å². The van der Waals surface area contributed by atoms with Crippen LogP contribution in [0.15, 0.2) is 29.2 Å². The number of nitrogens with one attached hydrogen (secondary N) is 1. The molecule has 1 aromatic rings. The minimum absolute atomic E-state index is 0.167. The van der Waals surface area contributed by atoms with Gasteiger partial charge in [0.15, 0.2) is 0 Å². The van der Waals surface area contributed by atoms with Gasteiger partial charge in [0.25, 0.3) is 10.0 Å². The van der Waals surface area contributed by atoms with Crippen LogP contribution in [0.5, 0.6) is 0 Å². The molecule has 0 saturated carbocycles. The van der Waals surface area contributed by atoms with Crippen molar-refractivity contribution in [1.29, 1.82) is 0 Å². The van der Waals surface area contributed by atoms with Crippen molar-refractivity contribution in [1.82, 2.24) is 4.13 Å². The number of hydrogen-bond acceptors (Lipinski definition) is 4. The van der Waals surface area contributed by atoms with Gasteiger partial charge in [0.2, 0.25) is 0 Å². The summed E-state index contributed by atoms with van der Waals surface area (Å²) in [6.45, 7) is 4.08. The Bertz CT molecular complexity index is 757. The van der Waals surface area contributed by atoms with Crippen LogP contribution in [0.2, 0.25) is 0 Å². The lowest BCUT2D eigenvalue weighted by Gasteiger charge is -2.13. The zero-order chi connectivity index (χ0) is 19.3. The molecule has 1 aromatic carbocycles. The third-order valence-electron chi connectivity index (χ3n) is 3.77. The second-order valence-corrected chi connectivity index (χ2v) is 9.47. The van der Waals surface area contributed by atoms with Crippen molar-refractivity contribution < 1.29 is 30.0 Å². The van der Waals surface area contributed by atoms with Crippen LogP contribution in [-0.2, 0) is 20.0 Å². The molecule has 144 valence electrons. The number of sulfonamides is 2. The summed E-state index contributed by atoms with van der Waals surface area (Å²) in [5.74, 6) is 0.167. The van der Waals surface area contributed by atoms with E-state index in [1.165, 1.54) is 12.1 Å². The lowest BCUT2D eigenvalue weighted by molar-refractivity contribution is -0.0441. The van der Waals surface area contributed by atoms with Crippen molar-refractivity contribution in [2.75, 3.05) is 0 Å². The average molecular weight is 401 g/mol. The normalized spacial score (nSPS) is 14.4. The molecular formula is C15H22F3NO4S2. The SMILES string of the molecule is CCCCCCC(C)c1ccc(S(=O)(=O)NS(=O)(=O)C(F)(F)F)cc1. The highest BCUT2D eigenvalue weighted by Crippen LogP contribution is 2.26.